The van der Waals surface area contributed by atoms with Crippen molar-refractivity contribution >= 4 is 22.7 Å². The van der Waals surface area contributed by atoms with Gasteiger partial charge in [-0.2, -0.15) is 0 Å². The number of para-hydroxylation sites is 1. The van der Waals surface area contributed by atoms with E-state index in [1.807, 2.05) is 30.3 Å². The summed E-state index contributed by atoms with van der Waals surface area (Å²) in [5.74, 6) is 0.373. The van der Waals surface area contributed by atoms with Crippen LogP contribution in [-0.4, -0.2) is 41.3 Å². The van der Waals surface area contributed by atoms with Crippen molar-refractivity contribution in [2.45, 2.75) is 26.7 Å². The van der Waals surface area contributed by atoms with E-state index in [2.05, 4.69) is 24.1 Å². The van der Waals surface area contributed by atoms with E-state index in [4.69, 9.17) is 0 Å². The summed E-state index contributed by atoms with van der Waals surface area (Å²) in [5, 5.41) is 4.02. The Bertz CT molecular complexity index is 702. The number of nitrogens with zero attached hydrogens (tertiary/aromatic N) is 1. The van der Waals surface area contributed by atoms with Gasteiger partial charge in [0.15, 0.2) is 0 Å². The molecule has 2 N–H and O–H groups in total. The highest BCUT2D eigenvalue weighted by molar-refractivity contribution is 5.98. The average Bonchev–Trinajstić information content (AvgIpc) is 3.03. The molecule has 2 heterocycles. The molecule has 0 saturated carbocycles. The van der Waals surface area contributed by atoms with Crippen LogP contribution in [0, 0.1) is 11.8 Å². The minimum atomic E-state index is -0.106. The lowest BCUT2D eigenvalue weighted by atomic mass is 9.96. The van der Waals surface area contributed by atoms with E-state index < -0.39 is 0 Å². The van der Waals surface area contributed by atoms with E-state index in [1.54, 1.807) is 4.90 Å². The van der Waals surface area contributed by atoms with Gasteiger partial charge in [0, 0.05) is 30.5 Å². The van der Waals surface area contributed by atoms with Crippen molar-refractivity contribution in [3.05, 3.63) is 36.0 Å². The number of aromatic nitrogens is 1. The summed E-state index contributed by atoms with van der Waals surface area (Å²) in [6.45, 7) is 6.05. The Labute approximate surface area is 142 Å². The third-order valence-electron chi connectivity index (χ3n) is 4.52. The number of nitrogens with one attached hydrogen (secondary N) is 2. The molecule has 0 radical (unpaired) electrons. The van der Waals surface area contributed by atoms with E-state index in [0.29, 0.717) is 31.2 Å². The number of hydrogen-bond acceptors (Lipinski definition) is 2. The second-order valence-electron chi connectivity index (χ2n) is 7.00. The lowest BCUT2D eigenvalue weighted by molar-refractivity contribution is -0.126. The molecule has 1 aliphatic rings. The highest BCUT2D eigenvalue weighted by Crippen LogP contribution is 2.21. The molecule has 3 rings (SSSR count). The smallest absolute Gasteiger partial charge is 0.270 e. The average molecular weight is 327 g/mol. The largest absolute Gasteiger partial charge is 0.356 e. The topological polar surface area (TPSA) is 65.2 Å². The van der Waals surface area contributed by atoms with Gasteiger partial charge in [0.25, 0.3) is 5.91 Å². The number of amides is 2. The zero-order valence-corrected chi connectivity index (χ0v) is 14.3. The Kier molecular flexibility index (Phi) is 4.88. The van der Waals surface area contributed by atoms with Crippen molar-refractivity contribution in [2.75, 3.05) is 19.6 Å². The first kappa shape index (κ1) is 16.6. The van der Waals surface area contributed by atoms with Crippen molar-refractivity contribution in [1.29, 1.82) is 0 Å². The van der Waals surface area contributed by atoms with Crippen LogP contribution in [0.25, 0.3) is 10.9 Å². The molecule has 5 heteroatoms. The SMILES string of the molecule is CC(C)CNC(=O)C1CCCN(C(=O)c2cc3ccccc3[nH]2)C1. The molecule has 1 aromatic heterocycles. The van der Waals surface area contributed by atoms with Crippen molar-refractivity contribution in [1.82, 2.24) is 15.2 Å². The molecule has 128 valence electrons. The Morgan fingerprint density at radius 1 is 1.33 bits per heavy atom. The number of carbonyl (C=O) groups is 2. The molecule has 2 amide bonds. The molecule has 0 spiro atoms. The van der Waals surface area contributed by atoms with Gasteiger partial charge in [-0.3, -0.25) is 9.59 Å². The molecule has 1 fully saturated rings. The first-order valence-electron chi connectivity index (χ1n) is 8.69. The van der Waals surface area contributed by atoms with Gasteiger partial charge < -0.3 is 15.2 Å². The normalized spacial score (nSPS) is 18.1. The highest BCUT2D eigenvalue weighted by Gasteiger charge is 2.29. The number of likely N-dealkylation sites (tertiary alicyclic amines) is 1. The predicted molar refractivity (Wildman–Crippen MR) is 94.8 cm³/mol. The number of benzene rings is 1. The van der Waals surface area contributed by atoms with Gasteiger partial charge in [-0.15, -0.1) is 0 Å². The van der Waals surface area contributed by atoms with Gasteiger partial charge in [0.2, 0.25) is 5.91 Å². The molecule has 1 aliphatic heterocycles. The van der Waals surface area contributed by atoms with Crippen molar-refractivity contribution in [3.63, 3.8) is 0 Å². The van der Waals surface area contributed by atoms with E-state index in [-0.39, 0.29) is 17.7 Å². The van der Waals surface area contributed by atoms with Crippen LogP contribution in [0.1, 0.15) is 37.2 Å². The third kappa shape index (κ3) is 3.61. The van der Waals surface area contributed by atoms with Crippen molar-refractivity contribution in [3.8, 4) is 0 Å². The molecular weight excluding hydrogens is 302 g/mol. The van der Waals surface area contributed by atoms with Crippen LogP contribution in [0.3, 0.4) is 0 Å². The molecule has 1 saturated heterocycles. The molecule has 1 unspecified atom stereocenters. The van der Waals surface area contributed by atoms with Crippen LogP contribution in [0.2, 0.25) is 0 Å². The number of carbonyl (C=O) groups excluding carboxylic acids is 2. The van der Waals surface area contributed by atoms with Crippen LogP contribution in [0.15, 0.2) is 30.3 Å². The summed E-state index contributed by atoms with van der Waals surface area (Å²) in [6, 6.07) is 9.75. The summed E-state index contributed by atoms with van der Waals surface area (Å²) >= 11 is 0. The number of aromatic amines is 1. The second kappa shape index (κ2) is 7.07. The maximum atomic E-state index is 12.8. The Morgan fingerprint density at radius 2 is 2.12 bits per heavy atom. The Balaban J connectivity index is 1.67. The van der Waals surface area contributed by atoms with E-state index in [9.17, 15) is 9.59 Å². The van der Waals surface area contributed by atoms with Gasteiger partial charge >= 0.3 is 0 Å². The minimum absolute atomic E-state index is 0.0208. The standard InChI is InChI=1S/C19H25N3O2/c1-13(2)11-20-18(23)15-7-5-9-22(12-15)19(24)17-10-14-6-3-4-8-16(14)21-17/h3-4,6,8,10,13,15,21H,5,7,9,11-12H2,1-2H3,(H,20,23). The fourth-order valence-electron chi connectivity index (χ4n) is 3.18. The fraction of sp³-hybridized carbons (Fsp3) is 0.474. The van der Waals surface area contributed by atoms with Gasteiger partial charge in [-0.25, -0.2) is 0 Å². The lowest BCUT2D eigenvalue weighted by Crippen LogP contribution is -2.46. The minimum Gasteiger partial charge on any atom is -0.356 e. The van der Waals surface area contributed by atoms with E-state index in [1.165, 1.54) is 0 Å². The molecule has 0 bridgehead atoms. The zero-order chi connectivity index (χ0) is 17.1. The van der Waals surface area contributed by atoms with Gasteiger partial charge in [-0.1, -0.05) is 32.0 Å². The quantitative estimate of drug-likeness (QED) is 0.907. The summed E-state index contributed by atoms with van der Waals surface area (Å²) in [4.78, 5) is 30.0. The molecule has 1 atom stereocenters. The number of hydrogen-bond donors (Lipinski definition) is 2. The Morgan fingerprint density at radius 3 is 2.88 bits per heavy atom. The molecule has 1 aromatic carbocycles. The van der Waals surface area contributed by atoms with Gasteiger partial charge in [0.1, 0.15) is 5.69 Å². The predicted octanol–water partition coefficient (Wildman–Crippen LogP) is 2.79. The number of rotatable bonds is 4. The van der Waals surface area contributed by atoms with Gasteiger partial charge in [0.05, 0.1) is 5.92 Å². The third-order valence-corrected chi connectivity index (χ3v) is 4.52. The summed E-state index contributed by atoms with van der Waals surface area (Å²) in [7, 11) is 0. The molecular formula is C19H25N3O2. The van der Waals surface area contributed by atoms with E-state index >= 15 is 0 Å². The monoisotopic (exact) mass is 327 g/mol. The molecule has 0 aliphatic carbocycles. The second-order valence-corrected chi connectivity index (χ2v) is 7.00. The van der Waals surface area contributed by atoms with Crippen LogP contribution in [-0.2, 0) is 4.79 Å². The van der Waals surface area contributed by atoms with E-state index in [0.717, 1.165) is 23.7 Å². The maximum absolute atomic E-state index is 12.8. The zero-order valence-electron chi connectivity index (χ0n) is 14.3. The van der Waals surface area contributed by atoms with Crippen LogP contribution < -0.4 is 5.32 Å². The summed E-state index contributed by atoms with van der Waals surface area (Å²) < 4.78 is 0. The Hall–Kier alpha value is -2.30. The van der Waals surface area contributed by atoms with Crippen LogP contribution in [0.4, 0.5) is 0 Å². The summed E-state index contributed by atoms with van der Waals surface area (Å²) in [6.07, 6.45) is 1.71. The molecule has 2 aromatic rings. The number of piperidine rings is 1. The first-order valence-corrected chi connectivity index (χ1v) is 8.69. The van der Waals surface area contributed by atoms with Crippen molar-refractivity contribution in [2.24, 2.45) is 11.8 Å². The first-order chi connectivity index (χ1) is 11.5. The maximum Gasteiger partial charge on any atom is 0.270 e. The molecule has 24 heavy (non-hydrogen) atoms. The summed E-state index contributed by atoms with van der Waals surface area (Å²) in [5.41, 5.74) is 1.56. The van der Waals surface area contributed by atoms with Crippen LogP contribution >= 0.6 is 0 Å². The highest BCUT2D eigenvalue weighted by atomic mass is 16.2. The lowest BCUT2D eigenvalue weighted by Gasteiger charge is -2.32. The van der Waals surface area contributed by atoms with Crippen LogP contribution in [0.5, 0.6) is 0 Å². The van der Waals surface area contributed by atoms with Gasteiger partial charge in [-0.05, 0) is 30.9 Å². The fourth-order valence-corrected chi connectivity index (χ4v) is 3.18. The number of fused-ring (bicyclic) bond motifs is 1. The number of H-pyrrole nitrogens is 1. The van der Waals surface area contributed by atoms with Crippen molar-refractivity contribution < 1.29 is 9.59 Å². The molecule has 5 nitrogen and oxygen atoms in total.